The number of nitrogens with zero attached hydrogens (tertiary/aromatic N) is 6. The number of pyridine rings is 4. The molecule has 10 nitrogen and oxygen atoms in total. The molecule has 8 rings (SSSR count). The lowest BCUT2D eigenvalue weighted by Crippen LogP contribution is -2.43. The topological polar surface area (TPSA) is 100 Å². The number of benzene rings is 2. The fraction of sp³-hybridized carbons (Fsp3) is 0.417. The molecule has 4 aromatic heterocycles. The van der Waals surface area contributed by atoms with Crippen molar-refractivity contribution in [1.29, 1.82) is 0 Å². The number of likely N-dealkylation sites (tertiary alicyclic amines) is 2. The molecule has 0 saturated carbocycles. The van der Waals surface area contributed by atoms with Crippen molar-refractivity contribution < 1.29 is 8.78 Å². The Morgan fingerprint density at radius 1 is 0.550 bits per heavy atom. The molecular weight excluding hydrogens is 759 g/mol. The quantitative estimate of drug-likeness (QED) is 0.139. The van der Waals surface area contributed by atoms with Crippen molar-refractivity contribution in [1.82, 2.24) is 39.5 Å². The van der Waals surface area contributed by atoms with E-state index in [1.807, 2.05) is 71.8 Å². The van der Waals surface area contributed by atoms with Crippen molar-refractivity contribution in [3.63, 3.8) is 0 Å². The summed E-state index contributed by atoms with van der Waals surface area (Å²) in [6, 6.07) is 22.6. The maximum absolute atomic E-state index is 13.7. The summed E-state index contributed by atoms with van der Waals surface area (Å²) in [5.41, 5.74) is 9.03. The fourth-order valence-corrected chi connectivity index (χ4v) is 8.22. The summed E-state index contributed by atoms with van der Waals surface area (Å²) in [7, 11) is 0. The normalized spacial score (nSPS) is 15.7. The van der Waals surface area contributed by atoms with Gasteiger partial charge in [0.05, 0.1) is 22.1 Å². The molecule has 0 bridgehead atoms. The molecule has 0 aliphatic carbocycles. The lowest BCUT2D eigenvalue weighted by molar-refractivity contribution is 0.191. The molecule has 0 spiro atoms. The van der Waals surface area contributed by atoms with Gasteiger partial charge in [0, 0.05) is 75.9 Å². The summed E-state index contributed by atoms with van der Waals surface area (Å²) in [5.74, 6) is -0.281. The first-order chi connectivity index (χ1) is 29.0. The zero-order valence-electron chi connectivity index (χ0n) is 35.4. The molecule has 0 amide bonds. The van der Waals surface area contributed by atoms with E-state index >= 15 is 0 Å². The van der Waals surface area contributed by atoms with Gasteiger partial charge in [0.15, 0.2) is 0 Å². The van der Waals surface area contributed by atoms with Gasteiger partial charge in [-0.15, -0.1) is 0 Å². The predicted molar refractivity (Wildman–Crippen MR) is 236 cm³/mol. The fourth-order valence-electron chi connectivity index (χ4n) is 8.22. The highest BCUT2D eigenvalue weighted by Crippen LogP contribution is 2.17. The second-order valence-electron chi connectivity index (χ2n) is 16.6. The van der Waals surface area contributed by atoms with Gasteiger partial charge in [-0.05, 0) is 149 Å². The molecule has 6 heterocycles. The molecular formula is C48H58F2N8O2. The van der Waals surface area contributed by atoms with Gasteiger partial charge in [0.2, 0.25) is 0 Å². The molecule has 12 heteroatoms. The zero-order valence-corrected chi connectivity index (χ0v) is 35.4. The Labute approximate surface area is 351 Å². The van der Waals surface area contributed by atoms with E-state index in [1.54, 1.807) is 50.2 Å². The highest BCUT2D eigenvalue weighted by Gasteiger charge is 2.21. The van der Waals surface area contributed by atoms with Crippen molar-refractivity contribution in [3.8, 4) is 0 Å². The molecule has 6 aromatic rings. The van der Waals surface area contributed by atoms with Gasteiger partial charge in [-0.1, -0.05) is 24.3 Å². The Morgan fingerprint density at radius 2 is 0.950 bits per heavy atom. The molecule has 2 fully saturated rings. The number of rotatable bonds is 12. The van der Waals surface area contributed by atoms with E-state index < -0.39 is 0 Å². The first-order valence-electron chi connectivity index (χ1n) is 21.3. The smallest absolute Gasteiger partial charge is 0.251 e. The zero-order chi connectivity index (χ0) is 42.2. The Morgan fingerprint density at radius 3 is 1.33 bits per heavy atom. The number of nitrogens with one attached hydrogen (secondary N) is 2. The largest absolute Gasteiger partial charge is 0.310 e. The van der Waals surface area contributed by atoms with Crippen molar-refractivity contribution in [2.45, 2.75) is 91.6 Å². The minimum absolute atomic E-state index is 0.0248. The standard InChI is InChI=1S/2C24H29FN4O/c2*1-17-13-23-22(27-15-17)5-6-24(30)29(23)12-11-28-9-7-20(8-10-28)26-16-19-4-3-18(2)21(25)14-19/h2*3-6,13-15,20,26H,7-12,16H2,1-2H3. The minimum Gasteiger partial charge on any atom is -0.310 e. The van der Waals surface area contributed by atoms with Crippen LogP contribution >= 0.6 is 0 Å². The predicted octanol–water partition coefficient (Wildman–Crippen LogP) is 6.81. The van der Waals surface area contributed by atoms with E-state index in [0.29, 0.717) is 49.4 Å². The van der Waals surface area contributed by atoms with Crippen LogP contribution in [0.2, 0.25) is 0 Å². The Kier molecular flexibility index (Phi) is 14.3. The Hall–Kier alpha value is -5.14. The maximum atomic E-state index is 13.7. The third-order valence-corrected chi connectivity index (χ3v) is 12.1. The van der Waals surface area contributed by atoms with Gasteiger partial charge >= 0.3 is 0 Å². The van der Waals surface area contributed by atoms with Crippen LogP contribution in [-0.4, -0.2) is 80.3 Å². The van der Waals surface area contributed by atoms with Crippen molar-refractivity contribution in [3.05, 3.63) is 151 Å². The van der Waals surface area contributed by atoms with E-state index in [1.165, 1.54) is 0 Å². The lowest BCUT2D eigenvalue weighted by atomic mass is 10.0. The average Bonchev–Trinajstić information content (AvgIpc) is 3.25. The van der Waals surface area contributed by atoms with Crippen LogP contribution in [0.5, 0.6) is 0 Å². The molecule has 60 heavy (non-hydrogen) atoms. The highest BCUT2D eigenvalue weighted by molar-refractivity contribution is 5.75. The molecule has 316 valence electrons. The van der Waals surface area contributed by atoms with Crippen molar-refractivity contribution in [2.75, 3.05) is 39.3 Å². The second-order valence-corrected chi connectivity index (χ2v) is 16.6. The molecule has 2 aromatic carbocycles. The lowest BCUT2D eigenvalue weighted by Gasteiger charge is -2.32. The summed E-state index contributed by atoms with van der Waals surface area (Å²) >= 11 is 0. The number of halogens is 2. The third-order valence-electron chi connectivity index (χ3n) is 12.1. The van der Waals surface area contributed by atoms with E-state index in [0.717, 1.165) is 109 Å². The van der Waals surface area contributed by atoms with Crippen LogP contribution in [-0.2, 0) is 26.2 Å². The van der Waals surface area contributed by atoms with Gasteiger partial charge in [-0.3, -0.25) is 19.6 Å². The second kappa shape index (κ2) is 19.9. The monoisotopic (exact) mass is 816 g/mol. The molecule has 2 aliphatic heterocycles. The van der Waals surface area contributed by atoms with Crippen LogP contribution in [0.3, 0.4) is 0 Å². The van der Waals surface area contributed by atoms with Gasteiger partial charge in [-0.25, -0.2) is 8.78 Å². The first kappa shape index (κ1) is 43.0. The summed E-state index contributed by atoms with van der Waals surface area (Å²) in [6.45, 7) is 16.0. The number of fused-ring (bicyclic) bond motifs is 2. The average molecular weight is 817 g/mol. The molecule has 0 unspecified atom stereocenters. The third kappa shape index (κ3) is 11.2. The number of hydrogen-bond acceptors (Lipinski definition) is 8. The van der Waals surface area contributed by atoms with E-state index in [-0.39, 0.29) is 22.8 Å². The van der Waals surface area contributed by atoms with E-state index in [2.05, 4.69) is 30.4 Å². The number of hydrogen-bond donors (Lipinski definition) is 2. The number of aryl methyl sites for hydroxylation is 4. The number of piperidine rings is 2. The van der Waals surface area contributed by atoms with E-state index in [9.17, 15) is 18.4 Å². The van der Waals surface area contributed by atoms with Gasteiger partial charge in [-0.2, -0.15) is 0 Å². The van der Waals surface area contributed by atoms with Crippen LogP contribution in [0, 0.1) is 39.3 Å². The van der Waals surface area contributed by atoms with Gasteiger partial charge < -0.3 is 29.6 Å². The molecule has 2 saturated heterocycles. The molecule has 0 radical (unpaired) electrons. The molecule has 2 aliphatic rings. The number of aromatic nitrogens is 4. The Bertz CT molecular complexity index is 2350. The summed E-state index contributed by atoms with van der Waals surface area (Å²) in [4.78, 5) is 38.5. The SMILES string of the molecule is Cc1cnc2ccc(=O)n(CCN3CCC(NCc4ccc(C)c(F)c4)CC3)c2c1.Cc1cnc2ccc(=O)n(CCN3CCC(NCc4ccc(C)c(F)c4)CC3)c2c1. The maximum Gasteiger partial charge on any atom is 0.251 e. The first-order valence-corrected chi connectivity index (χ1v) is 21.3. The van der Waals surface area contributed by atoms with Crippen LogP contribution in [0.25, 0.3) is 22.1 Å². The van der Waals surface area contributed by atoms with Crippen LogP contribution in [0.15, 0.2) is 94.8 Å². The van der Waals surface area contributed by atoms with Crippen molar-refractivity contribution >= 4 is 22.1 Å². The summed E-state index contributed by atoms with van der Waals surface area (Å²) in [6.07, 6.45) is 7.89. The summed E-state index contributed by atoms with van der Waals surface area (Å²) in [5, 5.41) is 7.12. The highest BCUT2D eigenvalue weighted by atomic mass is 19.1. The molecule has 2 N–H and O–H groups in total. The van der Waals surface area contributed by atoms with Gasteiger partial charge in [0.25, 0.3) is 11.1 Å². The van der Waals surface area contributed by atoms with E-state index in [4.69, 9.17) is 0 Å². The van der Waals surface area contributed by atoms with Gasteiger partial charge in [0.1, 0.15) is 11.6 Å². The van der Waals surface area contributed by atoms with Crippen LogP contribution in [0.4, 0.5) is 8.78 Å². The van der Waals surface area contributed by atoms with Crippen LogP contribution in [0.1, 0.15) is 59.1 Å². The summed E-state index contributed by atoms with van der Waals surface area (Å²) < 4.78 is 31.1. The van der Waals surface area contributed by atoms with Crippen LogP contribution < -0.4 is 21.8 Å². The molecule has 0 atom stereocenters. The Balaban J connectivity index is 0.000000181. The minimum atomic E-state index is -0.141. The van der Waals surface area contributed by atoms with Crippen molar-refractivity contribution in [2.24, 2.45) is 0 Å².